The van der Waals surface area contributed by atoms with E-state index in [0.717, 1.165) is 11.2 Å². The topological polar surface area (TPSA) is 83.6 Å². The van der Waals surface area contributed by atoms with Gasteiger partial charge in [0.25, 0.3) is 5.91 Å². The number of carbonyl (C=O) groups excluding carboxylic acids is 2. The Morgan fingerprint density at radius 2 is 1.81 bits per heavy atom. The van der Waals surface area contributed by atoms with Crippen molar-refractivity contribution < 1.29 is 18.0 Å². The van der Waals surface area contributed by atoms with Crippen LogP contribution in [-0.4, -0.2) is 43.8 Å². The maximum absolute atomic E-state index is 12.6. The van der Waals surface area contributed by atoms with Crippen LogP contribution < -0.4 is 5.32 Å². The molecule has 21 heavy (non-hydrogen) atoms. The SMILES string of the molecule is CCC1(c2ccccc2)NC(=O)N(CCS(C)(=O)=O)C1=O. The molecule has 1 atom stereocenters. The van der Waals surface area contributed by atoms with Crippen molar-refractivity contribution in [3.8, 4) is 0 Å². The lowest BCUT2D eigenvalue weighted by Crippen LogP contribution is -2.43. The molecule has 0 bridgehead atoms. The highest BCUT2D eigenvalue weighted by Gasteiger charge is 2.50. The molecule has 1 aromatic rings. The molecule has 7 heteroatoms. The molecular weight excluding hydrogens is 292 g/mol. The molecule has 1 saturated heterocycles. The number of nitrogens with zero attached hydrogens (tertiary/aromatic N) is 1. The smallest absolute Gasteiger partial charge is 0.319 e. The van der Waals surface area contributed by atoms with Gasteiger partial charge >= 0.3 is 6.03 Å². The van der Waals surface area contributed by atoms with Gasteiger partial charge in [0.15, 0.2) is 0 Å². The summed E-state index contributed by atoms with van der Waals surface area (Å²) >= 11 is 0. The predicted octanol–water partition coefficient (Wildman–Crippen LogP) is 0.888. The minimum absolute atomic E-state index is 0.127. The molecule has 1 aliphatic heterocycles. The number of carbonyl (C=O) groups is 2. The number of benzene rings is 1. The minimum Gasteiger partial charge on any atom is -0.319 e. The Morgan fingerprint density at radius 3 is 2.33 bits per heavy atom. The molecule has 0 aromatic heterocycles. The summed E-state index contributed by atoms with van der Waals surface area (Å²) in [7, 11) is -3.24. The molecule has 0 radical (unpaired) electrons. The van der Waals surface area contributed by atoms with E-state index in [2.05, 4.69) is 5.32 Å². The largest absolute Gasteiger partial charge is 0.325 e. The zero-order valence-corrected chi connectivity index (χ0v) is 12.8. The number of rotatable bonds is 5. The van der Waals surface area contributed by atoms with Crippen molar-refractivity contribution in [2.24, 2.45) is 0 Å². The van der Waals surface area contributed by atoms with Crippen molar-refractivity contribution >= 4 is 21.8 Å². The highest BCUT2D eigenvalue weighted by molar-refractivity contribution is 7.90. The van der Waals surface area contributed by atoms with Crippen molar-refractivity contribution in [1.82, 2.24) is 10.2 Å². The fourth-order valence-corrected chi connectivity index (χ4v) is 2.96. The van der Waals surface area contributed by atoms with Gasteiger partial charge in [-0.1, -0.05) is 37.3 Å². The van der Waals surface area contributed by atoms with Crippen LogP contribution in [0, 0.1) is 0 Å². The second kappa shape index (κ2) is 5.48. The summed E-state index contributed by atoms with van der Waals surface area (Å²) < 4.78 is 22.5. The van der Waals surface area contributed by atoms with Gasteiger partial charge in [-0.05, 0) is 12.0 Å². The predicted molar refractivity (Wildman–Crippen MR) is 78.4 cm³/mol. The number of nitrogens with one attached hydrogen (secondary N) is 1. The number of urea groups is 1. The van der Waals surface area contributed by atoms with Gasteiger partial charge in [0.1, 0.15) is 15.4 Å². The van der Waals surface area contributed by atoms with Crippen LogP contribution in [0.4, 0.5) is 4.79 Å². The van der Waals surface area contributed by atoms with Gasteiger partial charge in [0.05, 0.1) is 5.75 Å². The number of imide groups is 1. The summed E-state index contributed by atoms with van der Waals surface area (Å²) in [6, 6.07) is 8.43. The van der Waals surface area contributed by atoms with Crippen molar-refractivity contribution in [3.63, 3.8) is 0 Å². The molecule has 1 fully saturated rings. The lowest BCUT2D eigenvalue weighted by atomic mass is 9.87. The van der Waals surface area contributed by atoms with E-state index in [9.17, 15) is 18.0 Å². The highest BCUT2D eigenvalue weighted by atomic mass is 32.2. The summed E-state index contributed by atoms with van der Waals surface area (Å²) in [6.07, 6.45) is 1.48. The maximum atomic E-state index is 12.6. The summed E-state index contributed by atoms with van der Waals surface area (Å²) in [5, 5.41) is 2.71. The third kappa shape index (κ3) is 2.92. The van der Waals surface area contributed by atoms with Crippen LogP contribution in [0.25, 0.3) is 0 Å². The normalized spacial score (nSPS) is 22.5. The van der Waals surface area contributed by atoms with Gasteiger partial charge in [-0.15, -0.1) is 0 Å². The van der Waals surface area contributed by atoms with Gasteiger partial charge in [0, 0.05) is 12.8 Å². The fraction of sp³-hybridized carbons (Fsp3) is 0.429. The Kier molecular flexibility index (Phi) is 4.04. The molecule has 6 nitrogen and oxygen atoms in total. The van der Waals surface area contributed by atoms with E-state index in [1.165, 1.54) is 0 Å². The average molecular weight is 310 g/mol. The van der Waals surface area contributed by atoms with E-state index in [1.54, 1.807) is 24.3 Å². The standard InChI is InChI=1S/C14H18N2O4S/c1-3-14(11-7-5-4-6-8-11)12(17)16(13(18)15-14)9-10-21(2,19)20/h4-8H,3,9-10H2,1-2H3,(H,15,18). The number of amides is 3. The van der Waals surface area contributed by atoms with Gasteiger partial charge in [-0.25, -0.2) is 13.2 Å². The molecule has 0 aliphatic carbocycles. The molecule has 1 unspecified atom stereocenters. The Bertz CT molecular complexity index is 657. The van der Waals surface area contributed by atoms with Crippen LogP contribution in [0.3, 0.4) is 0 Å². The van der Waals surface area contributed by atoms with Gasteiger partial charge in [-0.2, -0.15) is 0 Å². The molecule has 2 rings (SSSR count). The molecule has 3 amide bonds. The molecule has 1 heterocycles. The van der Waals surface area contributed by atoms with Crippen molar-refractivity contribution in [1.29, 1.82) is 0 Å². The zero-order valence-electron chi connectivity index (χ0n) is 12.0. The maximum Gasteiger partial charge on any atom is 0.325 e. The summed E-state index contributed by atoms with van der Waals surface area (Å²) in [4.78, 5) is 25.7. The first-order valence-electron chi connectivity index (χ1n) is 6.67. The monoisotopic (exact) mass is 310 g/mol. The first-order valence-corrected chi connectivity index (χ1v) is 8.73. The van der Waals surface area contributed by atoms with E-state index in [1.807, 2.05) is 13.0 Å². The van der Waals surface area contributed by atoms with Gasteiger partial charge < -0.3 is 5.32 Å². The lowest BCUT2D eigenvalue weighted by molar-refractivity contribution is -0.131. The lowest BCUT2D eigenvalue weighted by Gasteiger charge is -2.25. The zero-order chi connectivity index (χ0) is 15.7. The summed E-state index contributed by atoms with van der Waals surface area (Å²) in [5.41, 5.74) is -0.400. The minimum atomic E-state index is -3.24. The van der Waals surface area contributed by atoms with Crippen LogP contribution >= 0.6 is 0 Å². The van der Waals surface area contributed by atoms with E-state index in [-0.39, 0.29) is 12.3 Å². The van der Waals surface area contributed by atoms with Crippen LogP contribution in [0.1, 0.15) is 18.9 Å². The third-order valence-electron chi connectivity index (χ3n) is 3.66. The van der Waals surface area contributed by atoms with Crippen LogP contribution in [-0.2, 0) is 20.2 Å². The number of sulfone groups is 1. The molecular formula is C14H18N2O4S. The van der Waals surface area contributed by atoms with Crippen LogP contribution in [0.5, 0.6) is 0 Å². The first kappa shape index (κ1) is 15.5. The molecule has 0 saturated carbocycles. The van der Waals surface area contributed by atoms with Crippen molar-refractivity contribution in [2.45, 2.75) is 18.9 Å². The van der Waals surface area contributed by atoms with Crippen LogP contribution in [0.15, 0.2) is 30.3 Å². The third-order valence-corrected chi connectivity index (χ3v) is 4.58. The van der Waals surface area contributed by atoms with E-state index >= 15 is 0 Å². The fourth-order valence-electron chi connectivity index (χ4n) is 2.45. The second-order valence-electron chi connectivity index (χ2n) is 5.14. The van der Waals surface area contributed by atoms with Crippen molar-refractivity contribution in [2.75, 3.05) is 18.6 Å². The molecule has 0 spiro atoms. The Hall–Kier alpha value is -1.89. The highest BCUT2D eigenvalue weighted by Crippen LogP contribution is 2.32. The Balaban J connectivity index is 2.31. The molecule has 1 aliphatic rings. The number of hydrogen-bond donors (Lipinski definition) is 1. The number of hydrogen-bond acceptors (Lipinski definition) is 4. The molecule has 114 valence electrons. The van der Waals surface area contributed by atoms with Gasteiger partial charge in [-0.3, -0.25) is 9.69 Å². The quantitative estimate of drug-likeness (QED) is 0.819. The van der Waals surface area contributed by atoms with E-state index in [4.69, 9.17) is 0 Å². The summed E-state index contributed by atoms with van der Waals surface area (Å²) in [6.45, 7) is 1.68. The Labute approximate surface area is 124 Å². The second-order valence-corrected chi connectivity index (χ2v) is 7.40. The average Bonchev–Trinajstić information content (AvgIpc) is 2.69. The summed E-state index contributed by atoms with van der Waals surface area (Å²) in [5.74, 6) is -0.634. The van der Waals surface area contributed by atoms with Gasteiger partial charge in [0.2, 0.25) is 0 Å². The molecule has 1 N–H and O–H groups in total. The van der Waals surface area contributed by atoms with Crippen LogP contribution in [0.2, 0.25) is 0 Å². The van der Waals surface area contributed by atoms with E-state index in [0.29, 0.717) is 12.0 Å². The van der Waals surface area contributed by atoms with Crippen molar-refractivity contribution in [3.05, 3.63) is 35.9 Å². The Morgan fingerprint density at radius 1 is 1.19 bits per heavy atom. The molecule has 1 aromatic carbocycles. The first-order chi connectivity index (χ1) is 9.80. The van der Waals surface area contributed by atoms with E-state index < -0.39 is 27.3 Å².